The molecule has 0 aromatic rings. The fraction of sp³-hybridized carbons (Fsp3) is 0.750. The number of rotatable bonds is 0. The van der Waals surface area contributed by atoms with Crippen molar-refractivity contribution in [2.24, 2.45) is 23.7 Å². The van der Waals surface area contributed by atoms with Crippen LogP contribution < -0.4 is 5.32 Å². The van der Waals surface area contributed by atoms with Gasteiger partial charge in [0.1, 0.15) is 0 Å². The third-order valence-corrected chi connectivity index (χ3v) is 3.54. The number of nitrogens with one attached hydrogen (secondary N) is 1. The molecule has 2 saturated carbocycles. The normalized spacial score (nSPS) is 52.0. The zero-order chi connectivity index (χ0) is 7.59. The van der Waals surface area contributed by atoms with Crippen molar-refractivity contribution in [2.45, 2.75) is 12.8 Å². The fourth-order valence-electron chi connectivity index (χ4n) is 2.83. The number of fused-ring (bicyclic) bond motifs is 4. The van der Waals surface area contributed by atoms with Crippen molar-refractivity contribution in [1.82, 2.24) is 5.32 Å². The Kier molecular flexibility index (Phi) is 0.780. The molecular weight excluding hydrogens is 142 g/mol. The second-order valence-corrected chi connectivity index (χ2v) is 3.81. The Balaban J connectivity index is 1.96. The lowest BCUT2D eigenvalue weighted by Crippen LogP contribution is -2.54. The Morgan fingerprint density at radius 3 is 1.82 bits per heavy atom. The van der Waals surface area contributed by atoms with E-state index in [0.29, 0.717) is 11.8 Å². The number of imide groups is 1. The molecule has 1 heterocycles. The van der Waals surface area contributed by atoms with E-state index in [1.807, 2.05) is 0 Å². The third-order valence-electron chi connectivity index (χ3n) is 3.54. The van der Waals surface area contributed by atoms with Crippen LogP contribution in [0, 0.1) is 23.7 Å². The van der Waals surface area contributed by atoms with Gasteiger partial charge in [0.15, 0.2) is 0 Å². The van der Waals surface area contributed by atoms with Crippen molar-refractivity contribution in [2.75, 3.05) is 0 Å². The Morgan fingerprint density at radius 1 is 1.00 bits per heavy atom. The van der Waals surface area contributed by atoms with Crippen LogP contribution in [0.5, 0.6) is 0 Å². The molecule has 0 radical (unpaired) electrons. The largest absolute Gasteiger partial charge is 0.296 e. The van der Waals surface area contributed by atoms with Crippen molar-refractivity contribution in [3.05, 3.63) is 0 Å². The number of hydrogen-bond acceptors (Lipinski definition) is 2. The monoisotopic (exact) mass is 151 g/mol. The summed E-state index contributed by atoms with van der Waals surface area (Å²) in [6.07, 6.45) is 2.32. The molecule has 0 aromatic heterocycles. The average Bonchev–Trinajstić information content (AvgIpc) is 2.11. The van der Waals surface area contributed by atoms with E-state index in [9.17, 15) is 9.59 Å². The van der Waals surface area contributed by atoms with E-state index >= 15 is 0 Å². The first-order chi connectivity index (χ1) is 5.29. The minimum absolute atomic E-state index is 0.0130. The second-order valence-electron chi connectivity index (χ2n) is 3.81. The molecule has 1 saturated heterocycles. The first-order valence-corrected chi connectivity index (χ1v) is 4.14. The molecule has 0 bridgehead atoms. The van der Waals surface area contributed by atoms with Gasteiger partial charge >= 0.3 is 0 Å². The third kappa shape index (κ3) is 0.451. The first kappa shape index (κ1) is 5.75. The van der Waals surface area contributed by atoms with Gasteiger partial charge in [-0.3, -0.25) is 14.9 Å². The highest BCUT2D eigenvalue weighted by molar-refractivity contribution is 6.07. The number of amides is 2. The van der Waals surface area contributed by atoms with Crippen LogP contribution in [0.4, 0.5) is 0 Å². The molecule has 0 aromatic carbocycles. The summed E-state index contributed by atoms with van der Waals surface area (Å²) in [6.45, 7) is 0. The quantitative estimate of drug-likeness (QED) is 0.492. The van der Waals surface area contributed by atoms with E-state index in [-0.39, 0.29) is 23.7 Å². The van der Waals surface area contributed by atoms with Gasteiger partial charge in [-0.1, -0.05) is 0 Å². The van der Waals surface area contributed by atoms with Crippen molar-refractivity contribution in [3.63, 3.8) is 0 Å². The van der Waals surface area contributed by atoms with E-state index in [1.54, 1.807) is 0 Å². The predicted octanol–water partition coefficient (Wildman–Crippen LogP) is -0.0850. The van der Waals surface area contributed by atoms with Crippen LogP contribution in [-0.4, -0.2) is 11.8 Å². The van der Waals surface area contributed by atoms with Crippen LogP contribution in [0.2, 0.25) is 0 Å². The van der Waals surface area contributed by atoms with Crippen LogP contribution >= 0.6 is 0 Å². The molecule has 58 valence electrons. The molecule has 11 heavy (non-hydrogen) atoms. The van der Waals surface area contributed by atoms with E-state index in [4.69, 9.17) is 0 Å². The highest BCUT2D eigenvalue weighted by Gasteiger charge is 2.64. The molecule has 0 unspecified atom stereocenters. The van der Waals surface area contributed by atoms with Crippen molar-refractivity contribution in [1.29, 1.82) is 0 Å². The summed E-state index contributed by atoms with van der Waals surface area (Å²) in [5.41, 5.74) is 0. The molecule has 3 fully saturated rings. The molecule has 2 aliphatic carbocycles. The van der Waals surface area contributed by atoms with E-state index < -0.39 is 0 Å². The topological polar surface area (TPSA) is 46.2 Å². The molecule has 3 aliphatic rings. The summed E-state index contributed by atoms with van der Waals surface area (Å²) in [7, 11) is 0. The van der Waals surface area contributed by atoms with Crippen LogP contribution in [0.3, 0.4) is 0 Å². The predicted molar refractivity (Wildman–Crippen MR) is 36.3 cm³/mol. The van der Waals surface area contributed by atoms with Gasteiger partial charge in [0.25, 0.3) is 0 Å². The summed E-state index contributed by atoms with van der Waals surface area (Å²) in [5.74, 6) is 1.24. The fourth-order valence-corrected chi connectivity index (χ4v) is 2.83. The first-order valence-electron chi connectivity index (χ1n) is 4.14. The van der Waals surface area contributed by atoms with Gasteiger partial charge in [-0.2, -0.15) is 0 Å². The van der Waals surface area contributed by atoms with Crippen LogP contribution in [0.25, 0.3) is 0 Å². The van der Waals surface area contributed by atoms with Gasteiger partial charge in [-0.25, -0.2) is 0 Å². The van der Waals surface area contributed by atoms with Gasteiger partial charge in [-0.05, 0) is 24.7 Å². The highest BCUT2D eigenvalue weighted by Crippen LogP contribution is 2.60. The van der Waals surface area contributed by atoms with Crippen LogP contribution in [-0.2, 0) is 9.59 Å². The summed E-state index contributed by atoms with van der Waals surface area (Å²) >= 11 is 0. The number of carbonyl (C=O) groups is 2. The minimum atomic E-state index is -0.0130. The van der Waals surface area contributed by atoms with Crippen molar-refractivity contribution >= 4 is 11.8 Å². The summed E-state index contributed by atoms with van der Waals surface area (Å²) in [4.78, 5) is 22.2. The molecule has 0 spiro atoms. The van der Waals surface area contributed by atoms with Crippen molar-refractivity contribution in [3.8, 4) is 0 Å². The van der Waals surface area contributed by atoms with Gasteiger partial charge in [0, 0.05) is 0 Å². The smallest absolute Gasteiger partial charge is 0.230 e. The summed E-state index contributed by atoms with van der Waals surface area (Å²) < 4.78 is 0. The lowest BCUT2D eigenvalue weighted by atomic mass is 9.48. The SMILES string of the molecule is O=C1NC(=O)[C@H]2[C@@H]3CC[C@@H]3[C@@H]12. The standard InChI is InChI=1S/C8H9NO2/c10-7-5-3-1-2-4(3)6(5)8(11)9-7/h3-6H,1-2H2,(H,9,10,11)/t3-,4+,5+,6-. The molecule has 4 atom stereocenters. The van der Waals surface area contributed by atoms with E-state index in [2.05, 4.69) is 5.32 Å². The number of carbonyl (C=O) groups excluding carboxylic acids is 2. The maximum Gasteiger partial charge on any atom is 0.230 e. The molecule has 1 N–H and O–H groups in total. The Labute approximate surface area is 64.1 Å². The molecule has 1 aliphatic heterocycles. The van der Waals surface area contributed by atoms with Crippen LogP contribution in [0.1, 0.15) is 12.8 Å². The zero-order valence-electron chi connectivity index (χ0n) is 6.04. The number of hydrogen-bond donors (Lipinski definition) is 1. The molecule has 3 nitrogen and oxygen atoms in total. The highest BCUT2D eigenvalue weighted by atomic mass is 16.2. The van der Waals surface area contributed by atoms with Gasteiger partial charge in [0.05, 0.1) is 11.8 Å². The summed E-state index contributed by atoms with van der Waals surface area (Å²) in [5, 5.41) is 2.40. The van der Waals surface area contributed by atoms with Gasteiger partial charge in [-0.15, -0.1) is 0 Å². The Bertz CT molecular complexity index is 235. The van der Waals surface area contributed by atoms with Crippen LogP contribution in [0.15, 0.2) is 0 Å². The lowest BCUT2D eigenvalue weighted by molar-refractivity contribution is -0.149. The Morgan fingerprint density at radius 2 is 1.45 bits per heavy atom. The molecule has 3 heteroatoms. The van der Waals surface area contributed by atoms with Crippen molar-refractivity contribution < 1.29 is 9.59 Å². The molecule has 2 amide bonds. The maximum absolute atomic E-state index is 11.1. The van der Waals surface area contributed by atoms with Gasteiger partial charge < -0.3 is 0 Å². The van der Waals surface area contributed by atoms with E-state index in [1.165, 1.54) is 0 Å². The molecular formula is C8H9NO2. The molecule has 3 rings (SSSR count). The zero-order valence-corrected chi connectivity index (χ0v) is 6.04. The average molecular weight is 151 g/mol. The van der Waals surface area contributed by atoms with E-state index in [0.717, 1.165) is 12.8 Å². The minimum Gasteiger partial charge on any atom is -0.296 e. The van der Waals surface area contributed by atoms with Gasteiger partial charge in [0.2, 0.25) is 11.8 Å². The lowest BCUT2D eigenvalue weighted by Gasteiger charge is -2.53. The maximum atomic E-state index is 11.1. The second kappa shape index (κ2) is 1.49. The summed E-state index contributed by atoms with van der Waals surface area (Å²) in [6, 6.07) is 0. The Hall–Kier alpha value is -0.860.